The molecule has 2 aromatic rings. The first kappa shape index (κ1) is 15.3. The Bertz CT molecular complexity index is 668. The smallest absolute Gasteiger partial charge is 0.257 e. The van der Waals surface area contributed by atoms with E-state index in [0.717, 1.165) is 0 Å². The molecule has 6 heteroatoms. The van der Waals surface area contributed by atoms with Crippen LogP contribution in [0.3, 0.4) is 0 Å². The Morgan fingerprint density at radius 3 is 2.62 bits per heavy atom. The normalized spacial score (nSPS) is 10.3. The van der Waals surface area contributed by atoms with Gasteiger partial charge in [0.2, 0.25) is 0 Å². The minimum Gasteiger partial charge on any atom is -0.399 e. The molecule has 0 spiro atoms. The van der Waals surface area contributed by atoms with Crippen molar-refractivity contribution in [2.45, 2.75) is 0 Å². The molecule has 0 aliphatic carbocycles. The fraction of sp³-hybridized carbons (Fsp3) is 0.133. The molecular formula is C15H15BrFN3O. The summed E-state index contributed by atoms with van der Waals surface area (Å²) >= 11 is 3.22. The van der Waals surface area contributed by atoms with Crippen molar-refractivity contribution in [1.29, 1.82) is 0 Å². The highest BCUT2D eigenvalue weighted by molar-refractivity contribution is 9.10. The van der Waals surface area contributed by atoms with E-state index >= 15 is 0 Å². The van der Waals surface area contributed by atoms with Crippen molar-refractivity contribution in [2.24, 2.45) is 0 Å². The van der Waals surface area contributed by atoms with Gasteiger partial charge in [-0.15, -0.1) is 0 Å². The first-order chi connectivity index (χ1) is 9.90. The quantitative estimate of drug-likeness (QED) is 0.832. The summed E-state index contributed by atoms with van der Waals surface area (Å²) in [5, 5.41) is 2.57. The Balaban J connectivity index is 2.39. The van der Waals surface area contributed by atoms with Crippen LogP contribution >= 0.6 is 15.9 Å². The highest BCUT2D eigenvalue weighted by Crippen LogP contribution is 2.28. The fourth-order valence-corrected chi connectivity index (χ4v) is 2.36. The van der Waals surface area contributed by atoms with E-state index in [-0.39, 0.29) is 5.69 Å². The predicted molar refractivity (Wildman–Crippen MR) is 87.2 cm³/mol. The zero-order valence-corrected chi connectivity index (χ0v) is 13.2. The molecule has 21 heavy (non-hydrogen) atoms. The number of nitrogens with two attached hydrogens (primary N) is 1. The van der Waals surface area contributed by atoms with Gasteiger partial charge in [0.05, 0.1) is 11.3 Å². The summed E-state index contributed by atoms with van der Waals surface area (Å²) in [6.45, 7) is 0. The third kappa shape index (κ3) is 3.33. The third-order valence-electron chi connectivity index (χ3n) is 2.95. The van der Waals surface area contributed by atoms with Crippen molar-refractivity contribution in [1.82, 2.24) is 0 Å². The van der Waals surface area contributed by atoms with Gasteiger partial charge in [0, 0.05) is 29.9 Å². The van der Waals surface area contributed by atoms with Gasteiger partial charge < -0.3 is 16.0 Å². The lowest BCUT2D eigenvalue weighted by atomic mass is 10.1. The molecule has 3 N–H and O–H groups in total. The number of rotatable bonds is 3. The third-order valence-corrected chi connectivity index (χ3v) is 3.61. The maximum atomic E-state index is 13.8. The number of amides is 1. The second-order valence-electron chi connectivity index (χ2n) is 4.72. The zero-order chi connectivity index (χ0) is 15.6. The van der Waals surface area contributed by atoms with Gasteiger partial charge in [0.15, 0.2) is 0 Å². The summed E-state index contributed by atoms with van der Waals surface area (Å²) < 4.78 is 14.3. The van der Waals surface area contributed by atoms with Crippen LogP contribution in [-0.2, 0) is 0 Å². The number of carbonyl (C=O) groups excluding carboxylic acids is 1. The Morgan fingerprint density at radius 1 is 1.29 bits per heavy atom. The summed E-state index contributed by atoms with van der Waals surface area (Å²) in [5.74, 6) is -0.926. The summed E-state index contributed by atoms with van der Waals surface area (Å²) in [4.78, 5) is 14.2. The van der Waals surface area contributed by atoms with E-state index in [1.54, 1.807) is 35.2 Å². The predicted octanol–water partition coefficient (Wildman–Crippen LogP) is 3.49. The van der Waals surface area contributed by atoms with Crippen LogP contribution in [0.5, 0.6) is 0 Å². The van der Waals surface area contributed by atoms with Crippen LogP contribution in [0.2, 0.25) is 0 Å². The van der Waals surface area contributed by atoms with Crippen LogP contribution in [-0.4, -0.2) is 20.0 Å². The van der Waals surface area contributed by atoms with E-state index in [1.165, 1.54) is 6.07 Å². The van der Waals surface area contributed by atoms with Crippen LogP contribution in [0.4, 0.5) is 21.5 Å². The molecule has 0 fully saturated rings. The largest absolute Gasteiger partial charge is 0.399 e. The molecule has 0 radical (unpaired) electrons. The van der Waals surface area contributed by atoms with Gasteiger partial charge in [-0.25, -0.2) is 4.39 Å². The molecule has 2 rings (SSSR count). The number of carbonyl (C=O) groups is 1. The number of benzene rings is 2. The molecule has 0 bridgehead atoms. The number of nitrogen functional groups attached to an aromatic ring is 1. The highest BCUT2D eigenvalue weighted by Gasteiger charge is 2.16. The molecule has 2 aromatic carbocycles. The van der Waals surface area contributed by atoms with E-state index in [4.69, 9.17) is 5.73 Å². The van der Waals surface area contributed by atoms with Crippen LogP contribution in [0.15, 0.2) is 40.9 Å². The number of halogens is 2. The van der Waals surface area contributed by atoms with Gasteiger partial charge in [0.25, 0.3) is 5.91 Å². The molecule has 1 amide bonds. The first-order valence-electron chi connectivity index (χ1n) is 6.22. The number of anilines is 3. The topological polar surface area (TPSA) is 58.4 Å². The lowest BCUT2D eigenvalue weighted by Crippen LogP contribution is -2.19. The minimum atomic E-state index is -0.506. The van der Waals surface area contributed by atoms with E-state index in [2.05, 4.69) is 21.2 Å². The standard InChI is InChI=1S/C15H15BrFN3O/c1-20(2)13-7-6-9(18)8-10(13)15(21)19-14-11(16)4-3-5-12(14)17/h3-8H,18H2,1-2H3,(H,19,21). The number of para-hydroxylation sites is 1. The lowest BCUT2D eigenvalue weighted by molar-refractivity contribution is 0.102. The number of hydrogen-bond donors (Lipinski definition) is 2. The number of hydrogen-bond acceptors (Lipinski definition) is 3. The molecule has 0 atom stereocenters. The maximum Gasteiger partial charge on any atom is 0.257 e. The second-order valence-corrected chi connectivity index (χ2v) is 5.58. The molecular weight excluding hydrogens is 337 g/mol. The summed E-state index contributed by atoms with van der Waals surface area (Å²) in [6.07, 6.45) is 0. The van der Waals surface area contributed by atoms with Crippen molar-refractivity contribution >= 4 is 38.9 Å². The van der Waals surface area contributed by atoms with E-state index < -0.39 is 11.7 Å². The van der Waals surface area contributed by atoms with Crippen LogP contribution in [0, 0.1) is 5.82 Å². The minimum absolute atomic E-state index is 0.106. The molecule has 110 valence electrons. The molecule has 0 aromatic heterocycles. The number of nitrogens with zero attached hydrogens (tertiary/aromatic N) is 1. The van der Waals surface area contributed by atoms with Gasteiger partial charge in [-0.2, -0.15) is 0 Å². The van der Waals surface area contributed by atoms with Gasteiger partial charge in [-0.3, -0.25) is 4.79 Å². The van der Waals surface area contributed by atoms with Crippen LogP contribution in [0.25, 0.3) is 0 Å². The summed E-state index contributed by atoms with van der Waals surface area (Å²) in [6, 6.07) is 9.53. The van der Waals surface area contributed by atoms with Crippen molar-refractivity contribution < 1.29 is 9.18 Å². The van der Waals surface area contributed by atoms with Gasteiger partial charge >= 0.3 is 0 Å². The maximum absolute atomic E-state index is 13.8. The molecule has 0 saturated carbocycles. The zero-order valence-electron chi connectivity index (χ0n) is 11.7. The molecule has 0 aliphatic rings. The monoisotopic (exact) mass is 351 g/mol. The Morgan fingerprint density at radius 2 is 2.00 bits per heavy atom. The van der Waals surface area contributed by atoms with Crippen molar-refractivity contribution in [3.63, 3.8) is 0 Å². The van der Waals surface area contributed by atoms with Gasteiger partial charge in [-0.1, -0.05) is 6.07 Å². The molecule has 0 aliphatic heterocycles. The van der Waals surface area contributed by atoms with Crippen LogP contribution < -0.4 is 16.0 Å². The summed E-state index contributed by atoms with van der Waals surface area (Å²) in [7, 11) is 3.64. The average molecular weight is 352 g/mol. The van der Waals surface area contributed by atoms with E-state index in [9.17, 15) is 9.18 Å². The van der Waals surface area contributed by atoms with Crippen LogP contribution in [0.1, 0.15) is 10.4 Å². The highest BCUT2D eigenvalue weighted by atomic mass is 79.9. The van der Waals surface area contributed by atoms with Crippen molar-refractivity contribution in [3.8, 4) is 0 Å². The number of nitrogens with one attached hydrogen (secondary N) is 1. The Kier molecular flexibility index (Phi) is 4.47. The van der Waals surface area contributed by atoms with Crippen molar-refractivity contribution in [2.75, 3.05) is 30.0 Å². The SMILES string of the molecule is CN(C)c1ccc(N)cc1C(=O)Nc1c(F)cccc1Br. The molecule has 0 saturated heterocycles. The molecule has 4 nitrogen and oxygen atoms in total. The Labute approximate surface area is 130 Å². The molecule has 0 heterocycles. The lowest BCUT2D eigenvalue weighted by Gasteiger charge is -2.18. The molecule has 0 unspecified atom stereocenters. The summed E-state index contributed by atoms with van der Waals surface area (Å²) in [5.41, 5.74) is 7.40. The van der Waals surface area contributed by atoms with E-state index in [0.29, 0.717) is 21.4 Å². The van der Waals surface area contributed by atoms with E-state index in [1.807, 2.05) is 14.1 Å². The fourth-order valence-electron chi connectivity index (χ4n) is 1.92. The van der Waals surface area contributed by atoms with Gasteiger partial charge in [-0.05, 0) is 46.3 Å². The van der Waals surface area contributed by atoms with Gasteiger partial charge in [0.1, 0.15) is 5.82 Å². The Hall–Kier alpha value is -2.08. The first-order valence-corrected chi connectivity index (χ1v) is 7.01. The second kappa shape index (κ2) is 6.13. The van der Waals surface area contributed by atoms with Crippen molar-refractivity contribution in [3.05, 3.63) is 52.3 Å². The average Bonchev–Trinajstić information content (AvgIpc) is 2.42.